The first kappa shape index (κ1) is 20.3. The Morgan fingerprint density at radius 1 is 0.897 bits per heavy atom. The van der Waals surface area contributed by atoms with Gasteiger partial charge in [0.15, 0.2) is 17.7 Å². The fraction of sp³-hybridized carbons (Fsp3) is 0.619. The maximum absolute atomic E-state index is 13.1. The molecule has 3 saturated heterocycles. The molecule has 3 aliphatic rings. The molecule has 8 heteroatoms. The molecule has 158 valence electrons. The molecule has 1 aromatic carbocycles. The van der Waals surface area contributed by atoms with Crippen LogP contribution in [0.15, 0.2) is 30.3 Å². The second kappa shape index (κ2) is 7.36. The van der Waals surface area contributed by atoms with Gasteiger partial charge in [-0.25, -0.2) is 0 Å². The Morgan fingerprint density at radius 2 is 1.55 bits per heavy atom. The summed E-state index contributed by atoms with van der Waals surface area (Å²) in [5.41, 5.74) is 0.949. The molecule has 1 aromatic rings. The SMILES string of the molecule is CC1(C)O[C@@H]2[C@@H]3OC(C)(C)O[C@H]3C(=O)N[C@@H](Cc3ccccc3)C(=O)NC[C@H]2O1. The van der Waals surface area contributed by atoms with Gasteiger partial charge in [0.1, 0.15) is 24.4 Å². The molecule has 0 spiro atoms. The highest BCUT2D eigenvalue weighted by molar-refractivity contribution is 5.90. The molecule has 0 radical (unpaired) electrons. The number of amides is 2. The van der Waals surface area contributed by atoms with Crippen LogP contribution in [0, 0.1) is 0 Å². The smallest absolute Gasteiger partial charge is 0.252 e. The van der Waals surface area contributed by atoms with E-state index >= 15 is 0 Å². The lowest BCUT2D eigenvalue weighted by molar-refractivity contribution is -0.175. The van der Waals surface area contributed by atoms with Gasteiger partial charge in [-0.3, -0.25) is 9.59 Å². The number of carbonyl (C=O) groups is 2. The van der Waals surface area contributed by atoms with E-state index in [1.54, 1.807) is 27.7 Å². The molecule has 0 aromatic heterocycles. The van der Waals surface area contributed by atoms with Gasteiger partial charge >= 0.3 is 0 Å². The Balaban J connectivity index is 1.62. The van der Waals surface area contributed by atoms with Gasteiger partial charge in [-0.15, -0.1) is 0 Å². The monoisotopic (exact) mass is 404 g/mol. The van der Waals surface area contributed by atoms with Crippen molar-refractivity contribution < 1.29 is 28.5 Å². The first-order valence-electron chi connectivity index (χ1n) is 9.97. The van der Waals surface area contributed by atoms with Crippen LogP contribution in [0.1, 0.15) is 33.3 Å². The van der Waals surface area contributed by atoms with Crippen LogP contribution in [0.4, 0.5) is 0 Å². The van der Waals surface area contributed by atoms with Crippen molar-refractivity contribution in [2.75, 3.05) is 6.54 Å². The molecular formula is C21H28N2O6. The largest absolute Gasteiger partial charge is 0.352 e. The molecule has 0 bridgehead atoms. The van der Waals surface area contributed by atoms with Crippen molar-refractivity contribution in [3.05, 3.63) is 35.9 Å². The summed E-state index contributed by atoms with van der Waals surface area (Å²) in [6, 6.07) is 8.82. The summed E-state index contributed by atoms with van der Waals surface area (Å²) in [5, 5.41) is 5.74. The summed E-state index contributed by atoms with van der Waals surface area (Å²) in [4.78, 5) is 26.0. The van der Waals surface area contributed by atoms with Crippen LogP contribution in [0.3, 0.4) is 0 Å². The number of benzene rings is 1. The average molecular weight is 404 g/mol. The van der Waals surface area contributed by atoms with Gasteiger partial charge in [0.05, 0.1) is 0 Å². The minimum absolute atomic E-state index is 0.251. The number of nitrogens with one attached hydrogen (secondary N) is 2. The first-order chi connectivity index (χ1) is 13.6. The fourth-order valence-corrected chi connectivity index (χ4v) is 4.17. The molecule has 5 atom stereocenters. The minimum Gasteiger partial charge on any atom is -0.352 e. The lowest BCUT2D eigenvalue weighted by Crippen LogP contribution is -2.58. The molecule has 8 nitrogen and oxygen atoms in total. The van der Waals surface area contributed by atoms with Crippen molar-refractivity contribution >= 4 is 11.8 Å². The highest BCUT2D eigenvalue weighted by Gasteiger charge is 2.56. The number of rotatable bonds is 2. The normalized spacial score (nSPS) is 35.9. The maximum atomic E-state index is 13.1. The number of carbonyl (C=O) groups excluding carboxylic acids is 2. The Bertz CT molecular complexity index is 781. The fourth-order valence-electron chi connectivity index (χ4n) is 4.17. The zero-order valence-electron chi connectivity index (χ0n) is 17.1. The summed E-state index contributed by atoms with van der Waals surface area (Å²) in [5.74, 6) is -2.47. The predicted octanol–water partition coefficient (Wildman–Crippen LogP) is 0.884. The van der Waals surface area contributed by atoms with Crippen LogP contribution in [-0.2, 0) is 35.0 Å². The van der Waals surface area contributed by atoms with Crippen molar-refractivity contribution in [2.24, 2.45) is 0 Å². The van der Waals surface area contributed by atoms with Crippen LogP contribution >= 0.6 is 0 Å². The number of fused-ring (bicyclic) bond motifs is 3. The molecule has 3 heterocycles. The molecule has 4 rings (SSSR count). The molecule has 3 fully saturated rings. The maximum Gasteiger partial charge on any atom is 0.252 e. The molecule has 29 heavy (non-hydrogen) atoms. The van der Waals surface area contributed by atoms with Crippen molar-refractivity contribution in [1.29, 1.82) is 0 Å². The molecule has 0 saturated carbocycles. The van der Waals surface area contributed by atoms with Crippen molar-refractivity contribution in [1.82, 2.24) is 10.6 Å². The highest BCUT2D eigenvalue weighted by Crippen LogP contribution is 2.38. The van der Waals surface area contributed by atoms with E-state index in [9.17, 15) is 9.59 Å². The van der Waals surface area contributed by atoms with E-state index in [0.717, 1.165) is 5.56 Å². The Hall–Kier alpha value is -2.00. The van der Waals surface area contributed by atoms with Gasteiger partial charge in [0.25, 0.3) is 5.91 Å². The zero-order chi connectivity index (χ0) is 20.8. The summed E-state index contributed by atoms with van der Waals surface area (Å²) in [6.45, 7) is 7.37. The van der Waals surface area contributed by atoms with Crippen LogP contribution in [0.5, 0.6) is 0 Å². The lowest BCUT2D eigenvalue weighted by Gasteiger charge is -2.29. The van der Waals surface area contributed by atoms with E-state index in [-0.39, 0.29) is 12.5 Å². The van der Waals surface area contributed by atoms with Crippen LogP contribution in [0.2, 0.25) is 0 Å². The van der Waals surface area contributed by atoms with E-state index in [2.05, 4.69) is 10.6 Å². The number of ether oxygens (including phenoxy) is 4. The Kier molecular flexibility index (Phi) is 5.14. The minimum atomic E-state index is -0.951. The summed E-state index contributed by atoms with van der Waals surface area (Å²) >= 11 is 0. The van der Waals surface area contributed by atoms with E-state index in [4.69, 9.17) is 18.9 Å². The second-order valence-corrected chi connectivity index (χ2v) is 8.66. The Labute approximate surface area is 170 Å². The topological polar surface area (TPSA) is 95.1 Å². The van der Waals surface area contributed by atoms with E-state index in [0.29, 0.717) is 6.42 Å². The molecule has 2 amide bonds. The zero-order valence-corrected chi connectivity index (χ0v) is 17.1. The van der Waals surface area contributed by atoms with Gasteiger partial charge in [0, 0.05) is 13.0 Å². The summed E-state index contributed by atoms with van der Waals surface area (Å²) in [7, 11) is 0. The molecular weight excluding hydrogens is 376 g/mol. The van der Waals surface area contributed by atoms with Crippen molar-refractivity contribution in [3.8, 4) is 0 Å². The van der Waals surface area contributed by atoms with Crippen LogP contribution in [-0.4, -0.2) is 60.4 Å². The van der Waals surface area contributed by atoms with Gasteiger partial charge in [0.2, 0.25) is 5.91 Å². The van der Waals surface area contributed by atoms with Crippen molar-refractivity contribution in [3.63, 3.8) is 0 Å². The predicted molar refractivity (Wildman–Crippen MR) is 103 cm³/mol. The lowest BCUT2D eigenvalue weighted by atomic mass is 9.99. The van der Waals surface area contributed by atoms with Gasteiger partial charge in [-0.2, -0.15) is 0 Å². The van der Waals surface area contributed by atoms with Crippen LogP contribution in [0.25, 0.3) is 0 Å². The number of hydrogen-bond donors (Lipinski definition) is 2. The first-order valence-corrected chi connectivity index (χ1v) is 9.97. The van der Waals surface area contributed by atoms with E-state index in [1.165, 1.54) is 0 Å². The molecule has 0 unspecified atom stereocenters. The van der Waals surface area contributed by atoms with E-state index < -0.39 is 47.9 Å². The van der Waals surface area contributed by atoms with Gasteiger partial charge in [-0.05, 0) is 33.3 Å². The standard InChI is InChI=1S/C21H28N2O6/c1-20(2)26-14-11-22-18(24)13(10-12-8-6-5-7-9-12)23-19(25)17-16(15(14)27-20)28-21(3,4)29-17/h5-9,13-17H,10-11H2,1-4H3,(H,22,24)(H,23,25)/t13-,14+,15-,16-,17+/m0/s1. The summed E-state index contributed by atoms with van der Waals surface area (Å²) in [6.07, 6.45) is -2.18. The highest BCUT2D eigenvalue weighted by atomic mass is 16.8. The molecule has 2 N–H and O–H groups in total. The number of hydrogen-bond acceptors (Lipinski definition) is 6. The van der Waals surface area contributed by atoms with Gasteiger partial charge < -0.3 is 29.6 Å². The van der Waals surface area contributed by atoms with Crippen LogP contribution < -0.4 is 10.6 Å². The van der Waals surface area contributed by atoms with E-state index in [1.807, 2.05) is 30.3 Å². The second-order valence-electron chi connectivity index (χ2n) is 8.66. The third kappa shape index (κ3) is 4.30. The van der Waals surface area contributed by atoms with Crippen molar-refractivity contribution in [2.45, 2.75) is 76.1 Å². The van der Waals surface area contributed by atoms with Gasteiger partial charge in [-0.1, -0.05) is 30.3 Å². The molecule has 0 aliphatic carbocycles. The molecule has 3 aliphatic heterocycles. The average Bonchev–Trinajstić information content (AvgIpc) is 3.14. The summed E-state index contributed by atoms with van der Waals surface area (Å²) < 4.78 is 24.0. The quantitative estimate of drug-likeness (QED) is 0.760. The third-order valence-corrected chi connectivity index (χ3v) is 5.33. The Morgan fingerprint density at radius 3 is 2.28 bits per heavy atom. The third-order valence-electron chi connectivity index (χ3n) is 5.33.